The first-order valence-electron chi connectivity index (χ1n) is 8.29. The topological polar surface area (TPSA) is 29.3 Å². The van der Waals surface area contributed by atoms with E-state index in [2.05, 4.69) is 11.8 Å². The third-order valence-electron chi connectivity index (χ3n) is 5.18. The van der Waals surface area contributed by atoms with Gasteiger partial charge in [0.25, 0.3) is 0 Å². The second-order valence-electron chi connectivity index (χ2n) is 6.50. The molecule has 0 aromatic rings. The average molecular weight is 252 g/mol. The summed E-state index contributed by atoms with van der Waals surface area (Å²) < 4.78 is 0. The number of hydrogen-bond acceptors (Lipinski definition) is 2. The summed E-state index contributed by atoms with van der Waals surface area (Å²) in [5, 5.41) is 0. The van der Waals surface area contributed by atoms with E-state index >= 15 is 0 Å². The van der Waals surface area contributed by atoms with Gasteiger partial charge in [-0.25, -0.2) is 0 Å². The van der Waals surface area contributed by atoms with E-state index in [1.165, 1.54) is 70.9 Å². The molecule has 0 radical (unpaired) electrons. The summed E-state index contributed by atoms with van der Waals surface area (Å²) in [5.74, 6) is 2.03. The number of likely N-dealkylation sites (tertiary alicyclic amines) is 1. The van der Waals surface area contributed by atoms with Crippen LogP contribution in [0, 0.1) is 11.8 Å². The highest BCUT2D eigenvalue weighted by molar-refractivity contribution is 4.91. The molecule has 1 aliphatic heterocycles. The fourth-order valence-corrected chi connectivity index (χ4v) is 4.00. The van der Waals surface area contributed by atoms with Crippen molar-refractivity contribution < 1.29 is 0 Å². The fourth-order valence-electron chi connectivity index (χ4n) is 4.00. The third kappa shape index (κ3) is 3.71. The highest BCUT2D eigenvalue weighted by Crippen LogP contribution is 2.38. The molecule has 0 aromatic heterocycles. The van der Waals surface area contributed by atoms with E-state index in [1.54, 1.807) is 0 Å². The minimum atomic E-state index is 0.678. The van der Waals surface area contributed by atoms with Crippen LogP contribution < -0.4 is 5.73 Å². The molecule has 2 rings (SSSR count). The Morgan fingerprint density at radius 1 is 1.06 bits per heavy atom. The minimum Gasteiger partial charge on any atom is -0.329 e. The molecule has 0 amide bonds. The van der Waals surface area contributed by atoms with E-state index in [4.69, 9.17) is 5.73 Å². The molecule has 1 saturated carbocycles. The van der Waals surface area contributed by atoms with Crippen molar-refractivity contribution in [1.29, 1.82) is 0 Å². The molecule has 2 aliphatic rings. The maximum atomic E-state index is 6.00. The van der Waals surface area contributed by atoms with Gasteiger partial charge in [0.15, 0.2) is 0 Å². The first-order valence-corrected chi connectivity index (χ1v) is 8.29. The standard InChI is InChI=1S/C16H32N2/c1-2-3-4-5-6-10-16(11-17)18-12-14-8-7-9-15(14)13-18/h14-16H,2-13,17H2,1H3. The maximum absolute atomic E-state index is 6.00. The van der Waals surface area contributed by atoms with Crippen LogP contribution in [0.2, 0.25) is 0 Å². The van der Waals surface area contributed by atoms with E-state index in [0.717, 1.165) is 18.4 Å². The van der Waals surface area contributed by atoms with Crippen LogP contribution in [-0.2, 0) is 0 Å². The van der Waals surface area contributed by atoms with Crippen molar-refractivity contribution in [3.8, 4) is 0 Å². The van der Waals surface area contributed by atoms with Crippen molar-refractivity contribution in [3.63, 3.8) is 0 Å². The van der Waals surface area contributed by atoms with E-state index in [9.17, 15) is 0 Å². The van der Waals surface area contributed by atoms with Gasteiger partial charge in [0.05, 0.1) is 0 Å². The first-order chi connectivity index (χ1) is 8.85. The summed E-state index contributed by atoms with van der Waals surface area (Å²) in [7, 11) is 0. The van der Waals surface area contributed by atoms with Crippen LogP contribution in [0.15, 0.2) is 0 Å². The largest absolute Gasteiger partial charge is 0.329 e. The molecule has 1 saturated heterocycles. The predicted octanol–water partition coefficient (Wildman–Crippen LogP) is 3.41. The van der Waals surface area contributed by atoms with Crippen LogP contribution in [-0.4, -0.2) is 30.6 Å². The minimum absolute atomic E-state index is 0.678. The lowest BCUT2D eigenvalue weighted by Crippen LogP contribution is -2.39. The van der Waals surface area contributed by atoms with Crippen LogP contribution in [0.4, 0.5) is 0 Å². The van der Waals surface area contributed by atoms with Gasteiger partial charge in [0.1, 0.15) is 0 Å². The Morgan fingerprint density at radius 3 is 2.33 bits per heavy atom. The Morgan fingerprint density at radius 2 is 1.72 bits per heavy atom. The molecule has 2 heteroatoms. The highest BCUT2D eigenvalue weighted by atomic mass is 15.2. The summed E-state index contributed by atoms with van der Waals surface area (Å²) in [4.78, 5) is 2.72. The molecule has 106 valence electrons. The average Bonchev–Trinajstić information content (AvgIpc) is 2.94. The van der Waals surface area contributed by atoms with Gasteiger partial charge in [-0.05, 0) is 31.1 Å². The smallest absolute Gasteiger partial charge is 0.0218 e. The van der Waals surface area contributed by atoms with Gasteiger partial charge < -0.3 is 5.73 Å². The zero-order valence-corrected chi connectivity index (χ0v) is 12.2. The molecule has 1 aliphatic carbocycles. The van der Waals surface area contributed by atoms with Crippen molar-refractivity contribution in [2.45, 2.75) is 70.8 Å². The van der Waals surface area contributed by atoms with Crippen LogP contribution in [0.1, 0.15) is 64.7 Å². The molecule has 0 bridgehead atoms. The number of unbranched alkanes of at least 4 members (excludes halogenated alkanes) is 4. The lowest BCUT2D eigenvalue weighted by atomic mass is 10.0. The van der Waals surface area contributed by atoms with Gasteiger partial charge in [-0.1, -0.05) is 45.4 Å². The monoisotopic (exact) mass is 252 g/mol. The Bertz CT molecular complexity index is 217. The van der Waals surface area contributed by atoms with Gasteiger partial charge >= 0.3 is 0 Å². The van der Waals surface area contributed by atoms with Crippen LogP contribution in [0.3, 0.4) is 0 Å². The highest BCUT2D eigenvalue weighted by Gasteiger charge is 2.37. The molecule has 18 heavy (non-hydrogen) atoms. The van der Waals surface area contributed by atoms with Gasteiger partial charge in [-0.2, -0.15) is 0 Å². The first kappa shape index (κ1) is 14.3. The van der Waals surface area contributed by atoms with Crippen molar-refractivity contribution in [2.24, 2.45) is 17.6 Å². The van der Waals surface area contributed by atoms with E-state index in [0.29, 0.717) is 6.04 Å². The van der Waals surface area contributed by atoms with Gasteiger partial charge in [-0.15, -0.1) is 0 Å². The van der Waals surface area contributed by atoms with Crippen LogP contribution >= 0.6 is 0 Å². The zero-order valence-electron chi connectivity index (χ0n) is 12.2. The normalized spacial score (nSPS) is 29.7. The van der Waals surface area contributed by atoms with Gasteiger partial charge in [0, 0.05) is 25.7 Å². The summed E-state index contributed by atoms with van der Waals surface area (Å²) >= 11 is 0. The molecule has 2 N–H and O–H groups in total. The van der Waals surface area contributed by atoms with E-state index in [1.807, 2.05) is 0 Å². The molecule has 0 aromatic carbocycles. The summed E-state index contributed by atoms with van der Waals surface area (Å²) in [6, 6.07) is 0.678. The second kappa shape index (κ2) is 7.49. The Balaban J connectivity index is 1.66. The number of hydrogen-bond donors (Lipinski definition) is 1. The van der Waals surface area contributed by atoms with Crippen molar-refractivity contribution in [1.82, 2.24) is 4.90 Å². The predicted molar refractivity (Wildman–Crippen MR) is 78.6 cm³/mol. The van der Waals surface area contributed by atoms with Gasteiger partial charge in [-0.3, -0.25) is 4.90 Å². The van der Waals surface area contributed by atoms with Crippen molar-refractivity contribution >= 4 is 0 Å². The third-order valence-corrected chi connectivity index (χ3v) is 5.18. The molecular formula is C16H32N2. The fraction of sp³-hybridized carbons (Fsp3) is 1.00. The quantitative estimate of drug-likeness (QED) is 0.671. The molecule has 0 spiro atoms. The number of rotatable bonds is 8. The Labute approximate surface area is 113 Å². The van der Waals surface area contributed by atoms with Crippen LogP contribution in [0.5, 0.6) is 0 Å². The molecule has 3 unspecified atom stereocenters. The Kier molecular flexibility index (Phi) is 5.97. The number of nitrogens with two attached hydrogens (primary N) is 1. The van der Waals surface area contributed by atoms with Crippen molar-refractivity contribution in [2.75, 3.05) is 19.6 Å². The summed E-state index contributed by atoms with van der Waals surface area (Å²) in [5.41, 5.74) is 6.00. The Hall–Kier alpha value is -0.0800. The molecule has 1 heterocycles. The van der Waals surface area contributed by atoms with Crippen molar-refractivity contribution in [3.05, 3.63) is 0 Å². The molecular weight excluding hydrogens is 220 g/mol. The van der Waals surface area contributed by atoms with Crippen LogP contribution in [0.25, 0.3) is 0 Å². The van der Waals surface area contributed by atoms with Gasteiger partial charge in [0.2, 0.25) is 0 Å². The summed E-state index contributed by atoms with van der Waals surface area (Å²) in [6.45, 7) is 5.85. The number of nitrogens with zero attached hydrogens (tertiary/aromatic N) is 1. The molecule has 3 atom stereocenters. The SMILES string of the molecule is CCCCCCCC(CN)N1CC2CCCC2C1. The van der Waals surface area contributed by atoms with E-state index in [-0.39, 0.29) is 0 Å². The zero-order chi connectivity index (χ0) is 12.8. The lowest BCUT2D eigenvalue weighted by Gasteiger charge is -2.27. The molecule has 2 nitrogen and oxygen atoms in total. The number of fused-ring (bicyclic) bond motifs is 1. The second-order valence-corrected chi connectivity index (χ2v) is 6.50. The maximum Gasteiger partial charge on any atom is 0.0218 e. The molecule has 2 fully saturated rings. The van der Waals surface area contributed by atoms with E-state index < -0.39 is 0 Å². The lowest BCUT2D eigenvalue weighted by molar-refractivity contribution is 0.214. The summed E-state index contributed by atoms with van der Waals surface area (Å²) in [6.07, 6.45) is 12.7.